The summed E-state index contributed by atoms with van der Waals surface area (Å²) in [4.78, 5) is 0. The highest BCUT2D eigenvalue weighted by Gasteiger charge is 2.03. The predicted octanol–water partition coefficient (Wildman–Crippen LogP) is 3.08. The highest BCUT2D eigenvalue weighted by Crippen LogP contribution is 2.20. The molecule has 19 heavy (non-hydrogen) atoms. The van der Waals surface area contributed by atoms with Gasteiger partial charge >= 0.3 is 0 Å². The summed E-state index contributed by atoms with van der Waals surface area (Å²) in [6.45, 7) is 8.93. The van der Waals surface area contributed by atoms with E-state index in [0.29, 0.717) is 0 Å². The number of hydrogen-bond donors (Lipinski definition) is 1. The minimum absolute atomic E-state index is 0.724. The van der Waals surface area contributed by atoms with Crippen molar-refractivity contribution in [3.63, 3.8) is 0 Å². The summed E-state index contributed by atoms with van der Waals surface area (Å²) >= 11 is 0. The van der Waals surface area contributed by atoms with Gasteiger partial charge in [0.05, 0.1) is 13.2 Å². The Morgan fingerprint density at radius 1 is 1.32 bits per heavy atom. The van der Waals surface area contributed by atoms with E-state index in [1.54, 1.807) is 7.11 Å². The number of nitrogens with one attached hydrogen (secondary N) is 1. The first-order chi connectivity index (χ1) is 9.27. The lowest BCUT2D eigenvalue weighted by Crippen LogP contribution is -2.19. The Labute approximate surface area is 116 Å². The molecule has 1 N–H and O–H groups in total. The summed E-state index contributed by atoms with van der Waals surface area (Å²) in [6.07, 6.45) is 3.92. The van der Waals surface area contributed by atoms with E-state index < -0.39 is 0 Å². The molecular formula is C16H25NO2. The number of ether oxygens (including phenoxy) is 2. The minimum Gasteiger partial charge on any atom is -0.493 e. The number of methoxy groups -OCH3 is 1. The fourth-order valence-electron chi connectivity index (χ4n) is 1.79. The van der Waals surface area contributed by atoms with Crippen LogP contribution in [-0.4, -0.2) is 26.9 Å². The van der Waals surface area contributed by atoms with Crippen LogP contribution in [-0.2, 0) is 11.3 Å². The van der Waals surface area contributed by atoms with Crippen molar-refractivity contribution in [1.29, 1.82) is 0 Å². The van der Waals surface area contributed by atoms with Gasteiger partial charge in [-0.25, -0.2) is 0 Å². The molecule has 0 aliphatic heterocycles. The molecule has 0 bridgehead atoms. The van der Waals surface area contributed by atoms with E-state index in [2.05, 4.69) is 37.0 Å². The average Bonchev–Trinajstić information content (AvgIpc) is 2.41. The van der Waals surface area contributed by atoms with E-state index in [-0.39, 0.29) is 0 Å². The summed E-state index contributed by atoms with van der Waals surface area (Å²) < 4.78 is 10.9. The Kier molecular flexibility index (Phi) is 7.94. The smallest absolute Gasteiger partial charge is 0.123 e. The number of aryl methyl sites for hydroxylation is 1. The predicted molar refractivity (Wildman–Crippen MR) is 79.7 cm³/mol. The van der Waals surface area contributed by atoms with Gasteiger partial charge in [0.15, 0.2) is 0 Å². The lowest BCUT2D eigenvalue weighted by molar-refractivity contribution is 0.199. The zero-order chi connectivity index (χ0) is 13.9. The van der Waals surface area contributed by atoms with Gasteiger partial charge in [0.25, 0.3) is 0 Å². The first kappa shape index (κ1) is 15.7. The van der Waals surface area contributed by atoms with Crippen molar-refractivity contribution >= 4 is 0 Å². The van der Waals surface area contributed by atoms with Gasteiger partial charge in [-0.1, -0.05) is 23.8 Å². The average molecular weight is 263 g/mol. The SMILES string of the molecule is C=CCCCOc1ccc(C)cc1CNCCOC. The summed E-state index contributed by atoms with van der Waals surface area (Å²) in [6, 6.07) is 6.31. The summed E-state index contributed by atoms with van der Waals surface area (Å²) in [7, 11) is 1.71. The second kappa shape index (κ2) is 9.59. The van der Waals surface area contributed by atoms with Crippen LogP contribution in [0.5, 0.6) is 5.75 Å². The van der Waals surface area contributed by atoms with Gasteiger partial charge in [0.2, 0.25) is 0 Å². The standard InChI is InChI=1S/C16H25NO2/c1-4-5-6-10-19-16-8-7-14(2)12-15(16)13-17-9-11-18-3/h4,7-8,12,17H,1,5-6,9-11,13H2,2-3H3. The molecule has 3 nitrogen and oxygen atoms in total. The Morgan fingerprint density at radius 2 is 2.16 bits per heavy atom. The third-order valence-electron chi connectivity index (χ3n) is 2.82. The molecule has 0 aromatic heterocycles. The number of allylic oxidation sites excluding steroid dienone is 1. The third-order valence-corrected chi connectivity index (χ3v) is 2.82. The van der Waals surface area contributed by atoms with E-state index in [4.69, 9.17) is 9.47 Å². The fourth-order valence-corrected chi connectivity index (χ4v) is 1.79. The molecular weight excluding hydrogens is 238 g/mol. The Bertz CT molecular complexity index is 377. The summed E-state index contributed by atoms with van der Waals surface area (Å²) in [5.41, 5.74) is 2.46. The molecule has 0 saturated carbocycles. The molecule has 0 aliphatic carbocycles. The lowest BCUT2D eigenvalue weighted by Gasteiger charge is -2.13. The van der Waals surface area contributed by atoms with Crippen LogP contribution in [0.2, 0.25) is 0 Å². The second-order valence-corrected chi connectivity index (χ2v) is 4.56. The van der Waals surface area contributed by atoms with Crippen LogP contribution in [0.15, 0.2) is 30.9 Å². The molecule has 1 aromatic carbocycles. The quantitative estimate of drug-likeness (QED) is 0.520. The minimum atomic E-state index is 0.724. The van der Waals surface area contributed by atoms with Crippen LogP contribution in [0.4, 0.5) is 0 Å². The molecule has 1 rings (SSSR count). The first-order valence-corrected chi connectivity index (χ1v) is 6.80. The highest BCUT2D eigenvalue weighted by molar-refractivity contribution is 5.36. The first-order valence-electron chi connectivity index (χ1n) is 6.80. The van der Waals surface area contributed by atoms with Crippen molar-refractivity contribution in [3.05, 3.63) is 42.0 Å². The molecule has 0 saturated heterocycles. The maximum Gasteiger partial charge on any atom is 0.123 e. The van der Waals surface area contributed by atoms with Crippen LogP contribution < -0.4 is 10.1 Å². The van der Waals surface area contributed by atoms with Crippen LogP contribution in [0.1, 0.15) is 24.0 Å². The van der Waals surface area contributed by atoms with Crippen LogP contribution in [0, 0.1) is 6.92 Å². The van der Waals surface area contributed by atoms with E-state index in [9.17, 15) is 0 Å². The van der Waals surface area contributed by atoms with Gasteiger partial charge in [-0.3, -0.25) is 0 Å². The van der Waals surface area contributed by atoms with Gasteiger partial charge in [0, 0.05) is 25.8 Å². The molecule has 0 radical (unpaired) electrons. The van der Waals surface area contributed by atoms with Crippen molar-refractivity contribution in [2.75, 3.05) is 26.9 Å². The number of hydrogen-bond acceptors (Lipinski definition) is 3. The van der Waals surface area contributed by atoms with Crippen LogP contribution in [0.25, 0.3) is 0 Å². The van der Waals surface area contributed by atoms with Gasteiger partial charge in [0.1, 0.15) is 5.75 Å². The van der Waals surface area contributed by atoms with Gasteiger partial charge in [-0.2, -0.15) is 0 Å². The normalized spacial score (nSPS) is 10.4. The topological polar surface area (TPSA) is 30.5 Å². The van der Waals surface area contributed by atoms with Crippen molar-refractivity contribution in [3.8, 4) is 5.75 Å². The van der Waals surface area contributed by atoms with Crippen molar-refractivity contribution in [1.82, 2.24) is 5.32 Å². The van der Waals surface area contributed by atoms with E-state index in [1.807, 2.05) is 6.08 Å². The second-order valence-electron chi connectivity index (χ2n) is 4.56. The molecule has 106 valence electrons. The number of unbranched alkanes of at least 4 members (excludes halogenated alkanes) is 1. The Hall–Kier alpha value is -1.32. The third kappa shape index (κ3) is 6.41. The fraction of sp³-hybridized carbons (Fsp3) is 0.500. The monoisotopic (exact) mass is 263 g/mol. The summed E-state index contributed by atoms with van der Waals surface area (Å²) in [5, 5.41) is 3.35. The number of benzene rings is 1. The van der Waals surface area contributed by atoms with Crippen molar-refractivity contribution in [2.45, 2.75) is 26.3 Å². The number of rotatable bonds is 10. The van der Waals surface area contributed by atoms with E-state index >= 15 is 0 Å². The van der Waals surface area contributed by atoms with Crippen LogP contribution >= 0.6 is 0 Å². The molecule has 0 atom stereocenters. The Morgan fingerprint density at radius 3 is 2.89 bits per heavy atom. The molecule has 0 spiro atoms. The van der Waals surface area contributed by atoms with Crippen molar-refractivity contribution in [2.24, 2.45) is 0 Å². The molecule has 3 heteroatoms. The Balaban J connectivity index is 2.50. The summed E-state index contributed by atoms with van der Waals surface area (Å²) in [5.74, 6) is 0.972. The molecule has 0 aliphatic rings. The van der Waals surface area contributed by atoms with E-state index in [0.717, 1.165) is 44.9 Å². The lowest BCUT2D eigenvalue weighted by atomic mass is 10.1. The zero-order valence-electron chi connectivity index (χ0n) is 12.1. The molecule has 0 heterocycles. The highest BCUT2D eigenvalue weighted by atomic mass is 16.5. The largest absolute Gasteiger partial charge is 0.493 e. The molecule has 1 aromatic rings. The van der Waals surface area contributed by atoms with Crippen molar-refractivity contribution < 1.29 is 9.47 Å². The maximum absolute atomic E-state index is 5.83. The molecule has 0 unspecified atom stereocenters. The zero-order valence-corrected chi connectivity index (χ0v) is 12.1. The molecule has 0 amide bonds. The molecule has 0 fully saturated rings. The van der Waals surface area contributed by atoms with E-state index in [1.165, 1.54) is 11.1 Å². The van der Waals surface area contributed by atoms with Gasteiger partial charge < -0.3 is 14.8 Å². The van der Waals surface area contributed by atoms with Gasteiger partial charge in [-0.15, -0.1) is 6.58 Å². The van der Waals surface area contributed by atoms with Gasteiger partial charge in [-0.05, 0) is 25.8 Å². The van der Waals surface area contributed by atoms with Crippen LogP contribution in [0.3, 0.4) is 0 Å². The maximum atomic E-state index is 5.83.